The van der Waals surface area contributed by atoms with Gasteiger partial charge in [0.1, 0.15) is 25.4 Å². The quantitative estimate of drug-likeness (QED) is 0.350. The normalized spacial score (nSPS) is 10.8. The van der Waals surface area contributed by atoms with E-state index in [4.69, 9.17) is 11.2 Å². The number of terminal acetylenes is 1. The minimum absolute atomic E-state index is 0.317. The Labute approximate surface area is 139 Å². The molecule has 130 valence electrons. The smallest absolute Gasteiger partial charge is 0.481 e. The maximum absolute atomic E-state index is 9.75. The molecule has 0 unspecified atom stereocenters. The predicted octanol–water partition coefficient (Wildman–Crippen LogP) is 3.66. The summed E-state index contributed by atoms with van der Waals surface area (Å²) in [4.78, 5) is 0. The largest absolute Gasteiger partial charge is 0.673 e. The number of halogens is 4. The second-order valence-electron chi connectivity index (χ2n) is 5.03. The third-order valence-electron chi connectivity index (χ3n) is 3.45. The number of benzene rings is 1. The van der Waals surface area contributed by atoms with Crippen molar-refractivity contribution >= 4 is 7.25 Å². The summed E-state index contributed by atoms with van der Waals surface area (Å²) in [5, 5.41) is 1.40. The van der Waals surface area contributed by atoms with Crippen molar-refractivity contribution in [2.75, 3.05) is 19.7 Å². The van der Waals surface area contributed by atoms with Crippen molar-refractivity contribution in [1.82, 2.24) is 4.58 Å². The molecule has 0 aliphatic rings. The molecule has 24 heavy (non-hydrogen) atoms. The molecule has 2 nitrogen and oxygen atoms in total. The minimum atomic E-state index is -6.00. The van der Waals surface area contributed by atoms with E-state index in [2.05, 4.69) is 43.4 Å². The maximum Gasteiger partial charge on any atom is 0.673 e. The zero-order valence-corrected chi connectivity index (χ0v) is 14.0. The molecule has 0 N–H and O–H groups in total. The lowest BCUT2D eigenvalue weighted by Gasteiger charge is -2.01. The molecule has 0 fully saturated rings. The van der Waals surface area contributed by atoms with Crippen LogP contribution in [0.25, 0.3) is 11.1 Å². The van der Waals surface area contributed by atoms with E-state index >= 15 is 0 Å². The number of nitrogens with zero attached hydrogens (tertiary/aromatic N) is 1. The average Bonchev–Trinajstić information content (AvgIpc) is 3.16. The molecule has 0 spiro atoms. The summed E-state index contributed by atoms with van der Waals surface area (Å²) >= 11 is 0. The molecule has 0 saturated carbocycles. The van der Waals surface area contributed by atoms with E-state index in [0.29, 0.717) is 6.61 Å². The maximum atomic E-state index is 9.75. The SMILES string of the molecule is C#CCOc1ccc(-c2c(C)c2=[N+](CC)CC)cc1.F[B-](F)(F)F. The Balaban J connectivity index is 0.000000505. The minimum Gasteiger partial charge on any atom is -0.481 e. The van der Waals surface area contributed by atoms with Crippen LogP contribution < -0.4 is 14.7 Å². The first-order valence-electron chi connectivity index (χ1n) is 7.60. The second kappa shape index (κ2) is 8.58. The first-order valence-corrected chi connectivity index (χ1v) is 7.60. The lowest BCUT2D eigenvalue weighted by atomic mass is 10.1. The summed E-state index contributed by atoms with van der Waals surface area (Å²) in [7, 11) is -6.00. The molecular weight excluding hydrogens is 321 g/mol. The molecule has 2 aromatic rings. The third-order valence-corrected chi connectivity index (χ3v) is 3.45. The highest BCUT2D eigenvalue weighted by atomic mass is 19.5. The summed E-state index contributed by atoms with van der Waals surface area (Å²) < 4.78 is 46.8. The molecule has 0 aliphatic carbocycles. The van der Waals surface area contributed by atoms with Gasteiger partial charge in [0.25, 0.3) is 0 Å². The van der Waals surface area contributed by atoms with Gasteiger partial charge in [0.05, 0.1) is 5.56 Å². The molecule has 7 heteroatoms. The van der Waals surface area contributed by atoms with Gasteiger partial charge in [-0.05, 0) is 38.5 Å². The van der Waals surface area contributed by atoms with Crippen molar-refractivity contribution < 1.29 is 22.0 Å². The van der Waals surface area contributed by atoms with Crippen LogP contribution in [0.2, 0.25) is 0 Å². The van der Waals surface area contributed by atoms with Gasteiger partial charge < -0.3 is 22.0 Å². The summed E-state index contributed by atoms with van der Waals surface area (Å²) in [6.45, 7) is 8.99. The van der Waals surface area contributed by atoms with Gasteiger partial charge in [-0.3, -0.25) is 0 Å². The molecule has 0 heterocycles. The number of ether oxygens (including phenoxy) is 1. The zero-order chi connectivity index (χ0) is 18.3. The van der Waals surface area contributed by atoms with Crippen LogP contribution in [0, 0.1) is 19.3 Å². The fourth-order valence-corrected chi connectivity index (χ4v) is 2.40. The number of rotatable bonds is 5. The summed E-state index contributed by atoms with van der Waals surface area (Å²) in [5.41, 5.74) is 4.04. The Morgan fingerprint density at radius 3 is 2.00 bits per heavy atom. The van der Waals surface area contributed by atoms with Crippen LogP contribution in [0.3, 0.4) is 0 Å². The molecule has 2 rings (SSSR count). The predicted molar refractivity (Wildman–Crippen MR) is 89.9 cm³/mol. The van der Waals surface area contributed by atoms with Gasteiger partial charge in [0.2, 0.25) is 5.36 Å². The Bertz CT molecular complexity index is 707. The van der Waals surface area contributed by atoms with Crippen molar-refractivity contribution in [2.24, 2.45) is 0 Å². The highest BCUT2D eigenvalue weighted by molar-refractivity contribution is 6.50. The Morgan fingerprint density at radius 2 is 1.58 bits per heavy atom. The first-order chi connectivity index (χ1) is 11.2. The van der Waals surface area contributed by atoms with Crippen molar-refractivity contribution in [1.29, 1.82) is 0 Å². The van der Waals surface area contributed by atoms with E-state index in [9.17, 15) is 17.3 Å². The van der Waals surface area contributed by atoms with E-state index in [1.165, 1.54) is 22.0 Å². The lowest BCUT2D eigenvalue weighted by Crippen LogP contribution is -2.24. The standard InChI is InChI=1S/C17H20NO.BF4/c1-5-12-19-15-10-8-14(9-11-15)16-13(4)17(16)18(6-2)7-3;2-1(3,4)5/h1,8-11H,6-7,12H2,2-4H3;/q+1;-1. The van der Waals surface area contributed by atoms with E-state index in [1.54, 1.807) is 0 Å². The molecule has 0 bridgehead atoms. The van der Waals surface area contributed by atoms with Gasteiger partial charge in [0.15, 0.2) is 0 Å². The van der Waals surface area contributed by atoms with E-state index in [1.807, 2.05) is 12.1 Å². The van der Waals surface area contributed by atoms with E-state index in [-0.39, 0.29) is 0 Å². The fraction of sp³-hybridized carbons (Fsp3) is 0.353. The summed E-state index contributed by atoms with van der Waals surface area (Å²) in [5.74, 6) is 3.29. The molecule has 0 aliphatic heterocycles. The van der Waals surface area contributed by atoms with E-state index < -0.39 is 7.25 Å². The second-order valence-corrected chi connectivity index (χ2v) is 5.03. The molecule has 0 aromatic heterocycles. The van der Waals surface area contributed by atoms with E-state index in [0.717, 1.165) is 18.8 Å². The van der Waals surface area contributed by atoms with Crippen LogP contribution in [-0.2, 0) is 0 Å². The van der Waals surface area contributed by atoms with Crippen LogP contribution in [0.15, 0.2) is 24.3 Å². The van der Waals surface area contributed by atoms with Crippen molar-refractivity contribution in [3.8, 4) is 29.2 Å². The Hall–Kier alpha value is -2.23. The monoisotopic (exact) mass is 341 g/mol. The lowest BCUT2D eigenvalue weighted by molar-refractivity contribution is 0.368. The van der Waals surface area contributed by atoms with Crippen molar-refractivity contribution in [2.45, 2.75) is 20.8 Å². The van der Waals surface area contributed by atoms with Gasteiger partial charge in [0, 0.05) is 5.56 Å². The Kier molecular flexibility index (Phi) is 7.08. The van der Waals surface area contributed by atoms with Crippen molar-refractivity contribution in [3.63, 3.8) is 0 Å². The van der Waals surface area contributed by atoms with Gasteiger partial charge in [-0.1, -0.05) is 18.1 Å². The molecule has 0 saturated heterocycles. The van der Waals surface area contributed by atoms with Crippen LogP contribution >= 0.6 is 0 Å². The van der Waals surface area contributed by atoms with Crippen molar-refractivity contribution in [3.05, 3.63) is 35.2 Å². The fourth-order valence-electron chi connectivity index (χ4n) is 2.40. The summed E-state index contributed by atoms with van der Waals surface area (Å²) in [6, 6.07) is 8.15. The molecule has 0 amide bonds. The topological polar surface area (TPSA) is 12.2 Å². The first kappa shape index (κ1) is 19.8. The highest BCUT2D eigenvalue weighted by Crippen LogP contribution is 2.26. The van der Waals surface area contributed by atoms with Gasteiger partial charge in [-0.25, -0.2) is 4.58 Å². The third kappa shape index (κ3) is 6.11. The average molecular weight is 341 g/mol. The summed E-state index contributed by atoms with van der Waals surface area (Å²) in [6.07, 6.45) is 5.17. The zero-order valence-electron chi connectivity index (χ0n) is 14.0. The molecule has 2 aromatic carbocycles. The van der Waals surface area contributed by atoms with Crippen LogP contribution in [0.4, 0.5) is 17.3 Å². The molecular formula is C17H20BF4NO. The number of hydrogen-bond donors (Lipinski definition) is 0. The Morgan fingerprint density at radius 1 is 1.08 bits per heavy atom. The van der Waals surface area contributed by atoms with Crippen LogP contribution in [-0.4, -0.2) is 27.0 Å². The van der Waals surface area contributed by atoms with Gasteiger partial charge in [-0.15, -0.1) is 6.42 Å². The highest BCUT2D eigenvalue weighted by Gasteiger charge is 2.25. The molecule has 0 radical (unpaired) electrons. The van der Waals surface area contributed by atoms with Crippen LogP contribution in [0.1, 0.15) is 19.4 Å². The number of hydrogen-bond acceptors (Lipinski definition) is 1. The van der Waals surface area contributed by atoms with Gasteiger partial charge >= 0.3 is 7.25 Å². The molecule has 0 atom stereocenters. The van der Waals surface area contributed by atoms with Gasteiger partial charge in [-0.2, -0.15) is 0 Å². The van der Waals surface area contributed by atoms with Crippen LogP contribution in [0.5, 0.6) is 5.75 Å².